The first-order valence-electron chi connectivity index (χ1n) is 4.52. The first-order valence-corrected chi connectivity index (χ1v) is 5.64. The van der Waals surface area contributed by atoms with Crippen molar-refractivity contribution in [2.45, 2.75) is 32.0 Å². The van der Waals surface area contributed by atoms with E-state index in [1.165, 1.54) is 0 Å². The van der Waals surface area contributed by atoms with Gasteiger partial charge < -0.3 is 4.57 Å². The molecule has 0 fully saturated rings. The van der Waals surface area contributed by atoms with E-state index in [0.717, 1.165) is 17.0 Å². The van der Waals surface area contributed by atoms with Gasteiger partial charge in [-0.1, -0.05) is 36.7 Å². The van der Waals surface area contributed by atoms with E-state index < -0.39 is 0 Å². The summed E-state index contributed by atoms with van der Waals surface area (Å²) in [4.78, 5) is 0. The first kappa shape index (κ1) is 10.7. The molecule has 1 atom stereocenters. The largest absolute Gasteiger partial charge is 0.317 e. The van der Waals surface area contributed by atoms with E-state index in [-0.39, 0.29) is 0 Å². The topological polar surface area (TPSA) is 30.7 Å². The summed E-state index contributed by atoms with van der Waals surface area (Å²) >= 11 is 3.38. The van der Waals surface area contributed by atoms with Crippen LogP contribution in [0.1, 0.15) is 38.3 Å². The van der Waals surface area contributed by atoms with Crippen LogP contribution in [0, 0.1) is 5.92 Å². The third-order valence-electron chi connectivity index (χ3n) is 2.53. The minimum atomic E-state index is 0.463. The summed E-state index contributed by atoms with van der Waals surface area (Å²) in [6.45, 7) is 6.59. The molecule has 0 radical (unpaired) electrons. The van der Waals surface area contributed by atoms with Crippen molar-refractivity contribution in [3.05, 3.63) is 11.6 Å². The molecule has 1 aromatic heterocycles. The Balaban J connectivity index is 2.95. The lowest BCUT2D eigenvalue weighted by atomic mass is 9.97. The zero-order valence-electron chi connectivity index (χ0n) is 8.58. The molecule has 1 rings (SSSR count). The number of aromatic nitrogens is 3. The number of nitrogens with zero attached hydrogens (tertiary/aromatic N) is 3. The summed E-state index contributed by atoms with van der Waals surface area (Å²) in [6.07, 6.45) is 0. The average Bonchev–Trinajstić information content (AvgIpc) is 2.45. The van der Waals surface area contributed by atoms with Crippen molar-refractivity contribution in [1.82, 2.24) is 14.8 Å². The Morgan fingerprint density at radius 1 is 1.31 bits per heavy atom. The molecule has 0 aromatic carbocycles. The molecule has 74 valence electrons. The van der Waals surface area contributed by atoms with Crippen molar-refractivity contribution in [3.63, 3.8) is 0 Å². The number of halogens is 1. The van der Waals surface area contributed by atoms with Gasteiger partial charge in [0.05, 0.1) is 5.33 Å². The zero-order chi connectivity index (χ0) is 10.0. The van der Waals surface area contributed by atoms with Crippen LogP contribution in [0.5, 0.6) is 0 Å². The van der Waals surface area contributed by atoms with Gasteiger partial charge in [-0.05, 0) is 5.92 Å². The number of rotatable bonds is 3. The second-order valence-electron chi connectivity index (χ2n) is 3.70. The van der Waals surface area contributed by atoms with Gasteiger partial charge in [-0.25, -0.2) is 0 Å². The van der Waals surface area contributed by atoms with Crippen LogP contribution in [0.4, 0.5) is 0 Å². The molecule has 0 aliphatic rings. The third kappa shape index (κ3) is 2.10. The molecule has 1 aromatic rings. The van der Waals surface area contributed by atoms with Gasteiger partial charge in [-0.15, -0.1) is 10.2 Å². The van der Waals surface area contributed by atoms with E-state index in [1.807, 2.05) is 7.05 Å². The summed E-state index contributed by atoms with van der Waals surface area (Å²) in [5, 5.41) is 9.06. The fourth-order valence-electron chi connectivity index (χ4n) is 1.19. The SMILES string of the molecule is CC(C)C(C)c1nnc(CBr)n1C. The van der Waals surface area contributed by atoms with Crippen molar-refractivity contribution in [2.75, 3.05) is 0 Å². The third-order valence-corrected chi connectivity index (χ3v) is 3.03. The zero-order valence-corrected chi connectivity index (χ0v) is 10.2. The van der Waals surface area contributed by atoms with Crippen molar-refractivity contribution in [3.8, 4) is 0 Å². The average molecular weight is 246 g/mol. The second kappa shape index (κ2) is 4.22. The lowest BCUT2D eigenvalue weighted by Gasteiger charge is -2.14. The maximum Gasteiger partial charge on any atom is 0.143 e. The summed E-state index contributed by atoms with van der Waals surface area (Å²) in [5.74, 6) is 3.13. The highest BCUT2D eigenvalue weighted by Gasteiger charge is 2.17. The maximum atomic E-state index is 4.19. The minimum absolute atomic E-state index is 0.463. The van der Waals surface area contributed by atoms with E-state index in [9.17, 15) is 0 Å². The maximum absolute atomic E-state index is 4.19. The van der Waals surface area contributed by atoms with Crippen LogP contribution < -0.4 is 0 Å². The Kier molecular flexibility index (Phi) is 3.47. The normalized spacial score (nSPS) is 13.7. The monoisotopic (exact) mass is 245 g/mol. The van der Waals surface area contributed by atoms with E-state index in [0.29, 0.717) is 11.8 Å². The molecular formula is C9H16BrN3. The molecule has 1 heterocycles. The Morgan fingerprint density at radius 3 is 2.31 bits per heavy atom. The molecule has 4 heteroatoms. The van der Waals surface area contributed by atoms with Crippen LogP contribution in [0.3, 0.4) is 0 Å². The van der Waals surface area contributed by atoms with Gasteiger partial charge in [-0.2, -0.15) is 0 Å². The molecule has 0 aliphatic carbocycles. The Morgan fingerprint density at radius 2 is 1.92 bits per heavy atom. The van der Waals surface area contributed by atoms with Crippen LogP contribution in [-0.2, 0) is 12.4 Å². The Hall–Kier alpha value is -0.380. The molecule has 0 N–H and O–H groups in total. The molecule has 1 unspecified atom stereocenters. The van der Waals surface area contributed by atoms with Crippen LogP contribution in [0.2, 0.25) is 0 Å². The van der Waals surface area contributed by atoms with Crippen LogP contribution >= 0.6 is 15.9 Å². The number of alkyl halides is 1. The lowest BCUT2D eigenvalue weighted by Crippen LogP contribution is -2.09. The van der Waals surface area contributed by atoms with Gasteiger partial charge in [0.15, 0.2) is 0 Å². The molecule has 0 spiro atoms. The van der Waals surface area contributed by atoms with Crippen LogP contribution in [0.25, 0.3) is 0 Å². The van der Waals surface area contributed by atoms with Gasteiger partial charge in [0.25, 0.3) is 0 Å². The summed E-state index contributed by atoms with van der Waals surface area (Å²) < 4.78 is 2.07. The van der Waals surface area contributed by atoms with Gasteiger partial charge in [-0.3, -0.25) is 0 Å². The summed E-state index contributed by atoms with van der Waals surface area (Å²) in [5.41, 5.74) is 0. The number of hydrogen-bond acceptors (Lipinski definition) is 2. The fourth-order valence-corrected chi connectivity index (χ4v) is 1.67. The lowest BCUT2D eigenvalue weighted by molar-refractivity contribution is 0.494. The van der Waals surface area contributed by atoms with Gasteiger partial charge in [0, 0.05) is 13.0 Å². The summed E-state index contributed by atoms with van der Waals surface area (Å²) in [6, 6.07) is 0. The van der Waals surface area contributed by atoms with Crippen molar-refractivity contribution in [1.29, 1.82) is 0 Å². The second-order valence-corrected chi connectivity index (χ2v) is 4.26. The molecule has 0 amide bonds. The molecule has 13 heavy (non-hydrogen) atoms. The van der Waals surface area contributed by atoms with Gasteiger partial charge in [0.2, 0.25) is 0 Å². The Bertz CT molecular complexity index is 280. The highest BCUT2D eigenvalue weighted by molar-refractivity contribution is 9.08. The van der Waals surface area contributed by atoms with E-state index in [2.05, 4.69) is 51.5 Å². The van der Waals surface area contributed by atoms with E-state index in [1.54, 1.807) is 0 Å². The smallest absolute Gasteiger partial charge is 0.143 e. The van der Waals surface area contributed by atoms with Crippen LogP contribution in [-0.4, -0.2) is 14.8 Å². The quantitative estimate of drug-likeness (QED) is 0.767. The summed E-state index contributed by atoms with van der Waals surface area (Å²) in [7, 11) is 2.02. The highest BCUT2D eigenvalue weighted by atomic mass is 79.9. The molecule has 0 saturated carbocycles. The number of hydrogen-bond donors (Lipinski definition) is 0. The molecule has 0 aliphatic heterocycles. The Labute approximate surface area is 87.7 Å². The predicted octanol–water partition coefficient (Wildman–Crippen LogP) is 2.47. The van der Waals surface area contributed by atoms with Gasteiger partial charge >= 0.3 is 0 Å². The van der Waals surface area contributed by atoms with Gasteiger partial charge in [0.1, 0.15) is 11.6 Å². The van der Waals surface area contributed by atoms with E-state index >= 15 is 0 Å². The molecule has 3 nitrogen and oxygen atoms in total. The highest BCUT2D eigenvalue weighted by Crippen LogP contribution is 2.22. The molecule has 0 saturated heterocycles. The van der Waals surface area contributed by atoms with E-state index in [4.69, 9.17) is 0 Å². The van der Waals surface area contributed by atoms with Crippen molar-refractivity contribution >= 4 is 15.9 Å². The van der Waals surface area contributed by atoms with Crippen molar-refractivity contribution in [2.24, 2.45) is 13.0 Å². The van der Waals surface area contributed by atoms with Crippen molar-refractivity contribution < 1.29 is 0 Å². The fraction of sp³-hybridized carbons (Fsp3) is 0.778. The standard InChI is InChI=1S/C9H16BrN3/c1-6(2)7(3)9-12-11-8(5-10)13(9)4/h6-7H,5H2,1-4H3. The molecular weight excluding hydrogens is 230 g/mol. The molecule has 0 bridgehead atoms. The van der Waals surface area contributed by atoms with Crippen LogP contribution in [0.15, 0.2) is 0 Å². The predicted molar refractivity (Wildman–Crippen MR) is 56.9 cm³/mol. The minimum Gasteiger partial charge on any atom is -0.317 e. The first-order chi connectivity index (χ1) is 6.07.